The van der Waals surface area contributed by atoms with Crippen LogP contribution < -0.4 is 0 Å². The third-order valence-electron chi connectivity index (χ3n) is 3.62. The van der Waals surface area contributed by atoms with E-state index in [1.54, 1.807) is 0 Å². The van der Waals surface area contributed by atoms with Gasteiger partial charge in [0.05, 0.1) is 5.60 Å². The summed E-state index contributed by atoms with van der Waals surface area (Å²) in [5, 5.41) is 2.09. The van der Waals surface area contributed by atoms with Crippen molar-refractivity contribution < 1.29 is 4.84 Å². The summed E-state index contributed by atoms with van der Waals surface area (Å²) in [4.78, 5) is 5.82. The van der Waals surface area contributed by atoms with Crippen molar-refractivity contribution in [2.45, 2.75) is 45.3 Å². The highest BCUT2D eigenvalue weighted by atomic mass is 16.7. The summed E-state index contributed by atoms with van der Waals surface area (Å²) in [6, 6.07) is 0.667. The average molecular weight is 169 g/mol. The fourth-order valence-electron chi connectivity index (χ4n) is 3.05. The van der Waals surface area contributed by atoms with Gasteiger partial charge < -0.3 is 0 Å². The molecule has 0 aromatic heterocycles. The molecule has 1 aliphatic heterocycles. The van der Waals surface area contributed by atoms with Crippen molar-refractivity contribution in [3.05, 3.63) is 0 Å². The van der Waals surface area contributed by atoms with Crippen molar-refractivity contribution in [1.82, 2.24) is 5.06 Å². The monoisotopic (exact) mass is 169 g/mol. The molecule has 1 heterocycles. The van der Waals surface area contributed by atoms with Crippen molar-refractivity contribution in [3.63, 3.8) is 0 Å². The molecule has 2 nitrogen and oxygen atoms in total. The SMILES string of the molecule is CC1CCC2C1N(C)OC2(C)C. The molecule has 1 saturated heterocycles. The van der Waals surface area contributed by atoms with Crippen molar-refractivity contribution >= 4 is 0 Å². The van der Waals surface area contributed by atoms with Crippen molar-refractivity contribution in [2.24, 2.45) is 11.8 Å². The van der Waals surface area contributed by atoms with Gasteiger partial charge in [-0.15, -0.1) is 0 Å². The maximum Gasteiger partial charge on any atom is 0.0887 e. The minimum Gasteiger partial charge on any atom is -0.293 e. The van der Waals surface area contributed by atoms with Crippen LogP contribution in [0.4, 0.5) is 0 Å². The van der Waals surface area contributed by atoms with Gasteiger partial charge >= 0.3 is 0 Å². The average Bonchev–Trinajstić information content (AvgIpc) is 2.38. The highest BCUT2D eigenvalue weighted by molar-refractivity contribution is 4.99. The van der Waals surface area contributed by atoms with Gasteiger partial charge in [-0.05, 0) is 32.6 Å². The minimum absolute atomic E-state index is 0.0736. The Balaban J connectivity index is 2.23. The summed E-state index contributed by atoms with van der Waals surface area (Å²) in [5.41, 5.74) is 0.0736. The predicted octanol–water partition coefficient (Wildman–Crippen LogP) is 2.06. The van der Waals surface area contributed by atoms with Crippen LogP contribution in [-0.4, -0.2) is 23.8 Å². The van der Waals surface area contributed by atoms with Crippen LogP contribution in [0.3, 0.4) is 0 Å². The van der Waals surface area contributed by atoms with Crippen LogP contribution in [0.25, 0.3) is 0 Å². The standard InChI is InChI=1S/C10H19NO/c1-7-5-6-8-9(7)11(4)12-10(8,2)3/h7-9H,5-6H2,1-4H3. The molecule has 3 unspecified atom stereocenters. The third-order valence-corrected chi connectivity index (χ3v) is 3.62. The van der Waals surface area contributed by atoms with E-state index in [0.29, 0.717) is 6.04 Å². The molecule has 1 saturated carbocycles. The molecule has 0 N–H and O–H groups in total. The van der Waals surface area contributed by atoms with E-state index in [1.165, 1.54) is 12.8 Å². The Labute approximate surface area is 74.8 Å². The van der Waals surface area contributed by atoms with Gasteiger partial charge in [0.2, 0.25) is 0 Å². The molecule has 0 amide bonds. The molecule has 3 atom stereocenters. The molecule has 0 spiro atoms. The van der Waals surface area contributed by atoms with Crippen LogP contribution in [0.1, 0.15) is 33.6 Å². The van der Waals surface area contributed by atoms with E-state index in [1.807, 2.05) is 0 Å². The number of hydroxylamine groups is 2. The quantitative estimate of drug-likeness (QED) is 0.550. The Morgan fingerprint density at radius 2 is 2.00 bits per heavy atom. The van der Waals surface area contributed by atoms with Crippen LogP contribution in [0.2, 0.25) is 0 Å². The first-order chi connectivity index (χ1) is 5.52. The number of hydrogen-bond acceptors (Lipinski definition) is 2. The lowest BCUT2D eigenvalue weighted by Gasteiger charge is -2.22. The van der Waals surface area contributed by atoms with Gasteiger partial charge in [0.15, 0.2) is 0 Å². The Morgan fingerprint density at radius 1 is 1.33 bits per heavy atom. The van der Waals surface area contributed by atoms with Gasteiger partial charge in [-0.25, -0.2) is 0 Å². The van der Waals surface area contributed by atoms with E-state index in [2.05, 4.69) is 32.9 Å². The Hall–Kier alpha value is -0.0800. The lowest BCUT2D eigenvalue weighted by molar-refractivity contribution is -0.185. The maximum atomic E-state index is 5.82. The van der Waals surface area contributed by atoms with Crippen LogP contribution in [0.15, 0.2) is 0 Å². The Bertz CT molecular complexity index is 190. The second-order valence-electron chi connectivity index (χ2n) is 4.89. The number of nitrogens with zero attached hydrogens (tertiary/aromatic N) is 1. The van der Waals surface area contributed by atoms with Crippen LogP contribution in [0.5, 0.6) is 0 Å². The molecule has 2 fully saturated rings. The molecule has 2 rings (SSSR count). The molecule has 0 aromatic carbocycles. The lowest BCUT2D eigenvalue weighted by atomic mass is 9.87. The Kier molecular flexibility index (Phi) is 1.74. The Morgan fingerprint density at radius 3 is 2.58 bits per heavy atom. The minimum atomic E-state index is 0.0736. The fourth-order valence-corrected chi connectivity index (χ4v) is 3.05. The highest BCUT2D eigenvalue weighted by Gasteiger charge is 2.52. The molecular weight excluding hydrogens is 150 g/mol. The summed E-state index contributed by atoms with van der Waals surface area (Å²) in [5.74, 6) is 1.55. The molecule has 70 valence electrons. The first-order valence-corrected chi connectivity index (χ1v) is 4.94. The van der Waals surface area contributed by atoms with E-state index < -0.39 is 0 Å². The molecule has 0 radical (unpaired) electrons. The molecular formula is C10H19NO. The summed E-state index contributed by atoms with van der Waals surface area (Å²) < 4.78 is 0. The highest BCUT2D eigenvalue weighted by Crippen LogP contribution is 2.47. The van der Waals surface area contributed by atoms with E-state index in [4.69, 9.17) is 4.84 Å². The van der Waals surface area contributed by atoms with Gasteiger partial charge in [0.1, 0.15) is 0 Å². The van der Waals surface area contributed by atoms with Crippen molar-refractivity contribution in [2.75, 3.05) is 7.05 Å². The lowest BCUT2D eigenvalue weighted by Crippen LogP contribution is -2.30. The molecule has 2 heteroatoms. The van der Waals surface area contributed by atoms with Crippen LogP contribution in [0, 0.1) is 11.8 Å². The van der Waals surface area contributed by atoms with E-state index >= 15 is 0 Å². The maximum absolute atomic E-state index is 5.82. The zero-order valence-corrected chi connectivity index (χ0v) is 8.50. The van der Waals surface area contributed by atoms with E-state index in [9.17, 15) is 0 Å². The van der Waals surface area contributed by atoms with Crippen molar-refractivity contribution in [3.8, 4) is 0 Å². The summed E-state index contributed by atoms with van der Waals surface area (Å²) in [6.45, 7) is 6.77. The summed E-state index contributed by atoms with van der Waals surface area (Å²) in [7, 11) is 2.08. The number of hydrogen-bond donors (Lipinski definition) is 0. The zero-order chi connectivity index (χ0) is 8.93. The largest absolute Gasteiger partial charge is 0.293 e. The van der Waals surface area contributed by atoms with Crippen molar-refractivity contribution in [1.29, 1.82) is 0 Å². The van der Waals surface area contributed by atoms with Gasteiger partial charge in [-0.1, -0.05) is 6.92 Å². The third kappa shape index (κ3) is 1.01. The van der Waals surface area contributed by atoms with E-state index in [-0.39, 0.29) is 5.60 Å². The summed E-state index contributed by atoms with van der Waals surface area (Å²) >= 11 is 0. The van der Waals surface area contributed by atoms with Crippen LogP contribution >= 0.6 is 0 Å². The predicted molar refractivity (Wildman–Crippen MR) is 48.6 cm³/mol. The molecule has 1 aliphatic carbocycles. The van der Waals surface area contributed by atoms with Gasteiger partial charge in [-0.3, -0.25) is 4.84 Å². The first-order valence-electron chi connectivity index (χ1n) is 4.94. The fraction of sp³-hybridized carbons (Fsp3) is 1.00. The second-order valence-corrected chi connectivity index (χ2v) is 4.89. The van der Waals surface area contributed by atoms with Gasteiger partial charge in [0.25, 0.3) is 0 Å². The topological polar surface area (TPSA) is 12.5 Å². The van der Waals surface area contributed by atoms with Crippen LogP contribution in [-0.2, 0) is 4.84 Å². The van der Waals surface area contributed by atoms with E-state index in [0.717, 1.165) is 11.8 Å². The number of rotatable bonds is 0. The second kappa shape index (κ2) is 2.46. The molecule has 2 aliphatic rings. The first kappa shape index (κ1) is 8.52. The molecule has 0 aromatic rings. The molecule has 12 heavy (non-hydrogen) atoms. The smallest absolute Gasteiger partial charge is 0.0887 e. The normalized spacial score (nSPS) is 46.5. The van der Waals surface area contributed by atoms with Gasteiger partial charge in [-0.2, -0.15) is 5.06 Å². The number of fused-ring (bicyclic) bond motifs is 1. The molecule has 0 bridgehead atoms. The summed E-state index contributed by atoms with van der Waals surface area (Å²) in [6.07, 6.45) is 2.70. The van der Waals surface area contributed by atoms with Gasteiger partial charge in [0, 0.05) is 19.0 Å². The zero-order valence-electron chi connectivity index (χ0n) is 8.50.